The van der Waals surface area contributed by atoms with Gasteiger partial charge >= 0.3 is 5.97 Å². The molecular weight excluding hydrogens is 433 g/mol. The van der Waals surface area contributed by atoms with Crippen LogP contribution >= 0.6 is 35.0 Å². The van der Waals surface area contributed by atoms with Gasteiger partial charge in [0.05, 0.1) is 23.9 Å². The number of rotatable bonds is 6. The van der Waals surface area contributed by atoms with Gasteiger partial charge in [-0.05, 0) is 42.0 Å². The quantitative estimate of drug-likeness (QED) is 0.321. The molecule has 0 saturated heterocycles. The molecule has 3 rings (SSSR count). The van der Waals surface area contributed by atoms with Gasteiger partial charge in [0, 0.05) is 16.5 Å². The van der Waals surface area contributed by atoms with E-state index < -0.39 is 11.9 Å². The first-order chi connectivity index (χ1) is 14.0. The van der Waals surface area contributed by atoms with Gasteiger partial charge in [0.15, 0.2) is 10.9 Å². The van der Waals surface area contributed by atoms with E-state index in [9.17, 15) is 9.59 Å². The van der Waals surface area contributed by atoms with Gasteiger partial charge in [0.1, 0.15) is 0 Å². The number of hydrogen-bond acceptors (Lipinski definition) is 6. The molecule has 0 unspecified atom stereocenters. The van der Waals surface area contributed by atoms with Crippen LogP contribution in [-0.4, -0.2) is 29.0 Å². The highest BCUT2D eigenvalue weighted by Gasteiger charge is 2.15. The highest BCUT2D eigenvalue weighted by Crippen LogP contribution is 2.23. The van der Waals surface area contributed by atoms with Crippen molar-refractivity contribution >= 4 is 52.5 Å². The van der Waals surface area contributed by atoms with Crippen LogP contribution in [0.25, 0.3) is 0 Å². The second kappa shape index (κ2) is 9.73. The summed E-state index contributed by atoms with van der Waals surface area (Å²) < 4.78 is 4.65. The van der Waals surface area contributed by atoms with Crippen LogP contribution in [0.5, 0.6) is 0 Å². The van der Waals surface area contributed by atoms with E-state index in [0.717, 1.165) is 5.56 Å². The lowest BCUT2D eigenvalue weighted by Crippen LogP contribution is -2.15. The van der Waals surface area contributed by atoms with Crippen molar-refractivity contribution < 1.29 is 14.3 Å². The lowest BCUT2D eigenvalue weighted by atomic mass is 10.2. The molecule has 0 aliphatic heterocycles. The average Bonchev–Trinajstić information content (AvgIpc) is 2.74. The number of carbonyl (C=O) groups excluding carboxylic acids is 2. The second-order valence-electron chi connectivity index (χ2n) is 5.79. The highest BCUT2D eigenvalue weighted by molar-refractivity contribution is 7.98. The molecule has 9 heteroatoms. The van der Waals surface area contributed by atoms with Crippen LogP contribution in [0.1, 0.15) is 26.4 Å². The Labute approximate surface area is 181 Å². The Hall–Kier alpha value is -2.61. The maximum absolute atomic E-state index is 12.6. The third-order valence-corrected chi connectivity index (χ3v) is 5.24. The number of hydrogen-bond donors (Lipinski definition) is 1. The SMILES string of the molecule is COC(=O)c1ccc(NC(=O)c2nc(SCc3ccc(Cl)cc3)ncc2Cl)cc1. The molecular formula is C20H15Cl2N3O3S. The lowest BCUT2D eigenvalue weighted by Gasteiger charge is -2.08. The number of carbonyl (C=O) groups is 2. The maximum Gasteiger partial charge on any atom is 0.337 e. The third-order valence-electron chi connectivity index (χ3n) is 3.78. The largest absolute Gasteiger partial charge is 0.465 e. The average molecular weight is 448 g/mol. The van der Waals surface area contributed by atoms with E-state index in [1.165, 1.54) is 25.1 Å². The lowest BCUT2D eigenvalue weighted by molar-refractivity contribution is 0.0600. The molecule has 0 atom stereocenters. The number of benzene rings is 2. The van der Waals surface area contributed by atoms with Gasteiger partial charge in [-0.15, -0.1) is 0 Å². The van der Waals surface area contributed by atoms with Crippen molar-refractivity contribution in [3.8, 4) is 0 Å². The number of esters is 1. The molecule has 148 valence electrons. The summed E-state index contributed by atoms with van der Waals surface area (Å²) in [5.74, 6) is -0.310. The van der Waals surface area contributed by atoms with Crippen LogP contribution in [0, 0.1) is 0 Å². The molecule has 0 spiro atoms. The molecule has 1 N–H and O–H groups in total. The van der Waals surface area contributed by atoms with Crippen molar-refractivity contribution in [2.24, 2.45) is 0 Å². The van der Waals surface area contributed by atoms with Crippen molar-refractivity contribution in [2.45, 2.75) is 10.9 Å². The number of nitrogens with one attached hydrogen (secondary N) is 1. The molecule has 3 aromatic rings. The Morgan fingerprint density at radius 1 is 1.07 bits per heavy atom. The van der Waals surface area contributed by atoms with Crippen LogP contribution in [0.3, 0.4) is 0 Å². The number of ether oxygens (including phenoxy) is 1. The number of nitrogens with zero attached hydrogens (tertiary/aromatic N) is 2. The molecule has 0 aliphatic rings. The Morgan fingerprint density at radius 3 is 2.41 bits per heavy atom. The normalized spacial score (nSPS) is 10.4. The number of halogens is 2. The summed E-state index contributed by atoms with van der Waals surface area (Å²) in [4.78, 5) is 32.5. The van der Waals surface area contributed by atoms with E-state index >= 15 is 0 Å². The van der Waals surface area contributed by atoms with Gasteiger partial charge in [-0.3, -0.25) is 4.79 Å². The fourth-order valence-electron chi connectivity index (χ4n) is 2.31. The highest BCUT2D eigenvalue weighted by atomic mass is 35.5. The first-order valence-corrected chi connectivity index (χ1v) is 10.1. The van der Waals surface area contributed by atoms with E-state index in [4.69, 9.17) is 23.2 Å². The molecule has 1 amide bonds. The monoisotopic (exact) mass is 447 g/mol. The summed E-state index contributed by atoms with van der Waals surface area (Å²) in [5.41, 5.74) is 1.99. The summed E-state index contributed by atoms with van der Waals surface area (Å²) >= 11 is 13.4. The van der Waals surface area contributed by atoms with Crippen LogP contribution in [0.15, 0.2) is 59.9 Å². The first kappa shape index (κ1) is 21.1. The Balaban J connectivity index is 1.69. The van der Waals surface area contributed by atoms with Gasteiger partial charge in [0.2, 0.25) is 0 Å². The minimum atomic E-state index is -0.475. The zero-order valence-electron chi connectivity index (χ0n) is 15.2. The molecule has 6 nitrogen and oxygen atoms in total. The van der Waals surface area contributed by atoms with Gasteiger partial charge in [-0.1, -0.05) is 47.1 Å². The Morgan fingerprint density at radius 2 is 1.76 bits per heavy atom. The zero-order chi connectivity index (χ0) is 20.8. The third kappa shape index (κ3) is 5.69. The predicted molar refractivity (Wildman–Crippen MR) is 114 cm³/mol. The molecule has 29 heavy (non-hydrogen) atoms. The van der Waals surface area contributed by atoms with Gasteiger partial charge in [-0.25, -0.2) is 14.8 Å². The van der Waals surface area contributed by atoms with Crippen molar-refractivity contribution in [1.29, 1.82) is 0 Å². The van der Waals surface area contributed by atoms with E-state index in [2.05, 4.69) is 20.0 Å². The number of methoxy groups -OCH3 is 1. The summed E-state index contributed by atoms with van der Waals surface area (Å²) in [6, 6.07) is 13.7. The van der Waals surface area contributed by atoms with Crippen LogP contribution in [-0.2, 0) is 10.5 Å². The standard InChI is InChI=1S/C20H15Cl2N3O3S/c1-28-19(27)13-4-8-15(9-5-13)24-18(26)17-16(22)10-23-20(25-17)29-11-12-2-6-14(21)7-3-12/h2-10H,11H2,1H3,(H,24,26). The number of amides is 1. The minimum absolute atomic E-state index is 0.0670. The second-order valence-corrected chi connectivity index (χ2v) is 7.57. The summed E-state index contributed by atoms with van der Waals surface area (Å²) in [7, 11) is 1.30. The van der Waals surface area contributed by atoms with E-state index in [1.54, 1.807) is 24.3 Å². The first-order valence-electron chi connectivity index (χ1n) is 8.36. The molecule has 0 fully saturated rings. The van der Waals surface area contributed by atoms with Crippen molar-refractivity contribution in [1.82, 2.24) is 9.97 Å². The van der Waals surface area contributed by atoms with Crippen LogP contribution in [0.2, 0.25) is 10.0 Å². The molecule has 2 aromatic carbocycles. The van der Waals surface area contributed by atoms with E-state index in [0.29, 0.717) is 27.2 Å². The van der Waals surface area contributed by atoms with Gasteiger partial charge in [0.25, 0.3) is 5.91 Å². The molecule has 0 saturated carbocycles. The van der Waals surface area contributed by atoms with E-state index in [1.807, 2.05) is 24.3 Å². The molecule has 0 bridgehead atoms. The molecule has 0 radical (unpaired) electrons. The van der Waals surface area contributed by atoms with Crippen LogP contribution in [0.4, 0.5) is 5.69 Å². The molecule has 1 aromatic heterocycles. The smallest absolute Gasteiger partial charge is 0.337 e. The maximum atomic E-state index is 12.6. The van der Waals surface area contributed by atoms with Gasteiger partial charge in [-0.2, -0.15) is 0 Å². The van der Waals surface area contributed by atoms with Crippen molar-refractivity contribution in [2.75, 3.05) is 12.4 Å². The number of thioether (sulfide) groups is 1. The zero-order valence-corrected chi connectivity index (χ0v) is 17.5. The fourth-order valence-corrected chi connectivity index (χ4v) is 3.38. The predicted octanol–water partition coefficient (Wildman–Crippen LogP) is 5.11. The van der Waals surface area contributed by atoms with Crippen LogP contribution < -0.4 is 5.32 Å². The molecule has 1 heterocycles. The van der Waals surface area contributed by atoms with E-state index in [-0.39, 0.29) is 10.7 Å². The number of anilines is 1. The topological polar surface area (TPSA) is 81.2 Å². The Bertz CT molecular complexity index is 1030. The van der Waals surface area contributed by atoms with Gasteiger partial charge < -0.3 is 10.1 Å². The van der Waals surface area contributed by atoms with Crippen molar-refractivity contribution in [3.63, 3.8) is 0 Å². The summed E-state index contributed by atoms with van der Waals surface area (Å²) in [6.07, 6.45) is 1.40. The fraction of sp³-hybridized carbons (Fsp3) is 0.100. The van der Waals surface area contributed by atoms with Crippen molar-refractivity contribution in [3.05, 3.63) is 81.6 Å². The molecule has 0 aliphatic carbocycles. The minimum Gasteiger partial charge on any atom is -0.465 e. The number of aromatic nitrogens is 2. The summed E-state index contributed by atoms with van der Waals surface area (Å²) in [5, 5.41) is 3.94. The summed E-state index contributed by atoms with van der Waals surface area (Å²) in [6.45, 7) is 0. The Kier molecular flexibility index (Phi) is 7.09.